The highest BCUT2D eigenvalue weighted by Crippen LogP contribution is 2.10. The minimum Gasteiger partial charge on any atom is -0.375 e. The highest BCUT2D eigenvalue weighted by Gasteiger charge is 2.12. The molecule has 96 valence electrons. The second-order valence-corrected chi connectivity index (χ2v) is 5.16. The van der Waals surface area contributed by atoms with Crippen LogP contribution >= 0.6 is 28.1 Å². The van der Waals surface area contributed by atoms with Gasteiger partial charge in [-0.2, -0.15) is 0 Å². The van der Waals surface area contributed by atoms with Crippen molar-refractivity contribution in [3.05, 3.63) is 46.5 Å². The summed E-state index contributed by atoms with van der Waals surface area (Å²) in [4.78, 5) is 11.9. The number of nitrogens with one attached hydrogen (secondary N) is 1. The lowest BCUT2D eigenvalue weighted by Crippen LogP contribution is -2.49. The maximum absolute atomic E-state index is 11.9. The summed E-state index contributed by atoms with van der Waals surface area (Å²) in [6.07, 6.45) is 0. The fourth-order valence-electron chi connectivity index (χ4n) is 1.23. The summed E-state index contributed by atoms with van der Waals surface area (Å²) >= 11 is 8.17. The molecule has 3 N–H and O–H groups in total. The summed E-state index contributed by atoms with van der Waals surface area (Å²) < 4.78 is 0.909. The molecule has 0 radical (unpaired) electrons. The van der Waals surface area contributed by atoms with E-state index in [1.807, 2.05) is 6.92 Å². The Kier molecular flexibility index (Phi) is 5.30. The van der Waals surface area contributed by atoms with E-state index in [0.717, 1.165) is 10.0 Å². The molecule has 18 heavy (non-hydrogen) atoms. The van der Waals surface area contributed by atoms with Gasteiger partial charge in [0.1, 0.15) is 0 Å². The number of carbonyl (C=O) groups is 1. The molecule has 0 aromatic heterocycles. The molecule has 1 rings (SSSR count). The van der Waals surface area contributed by atoms with Gasteiger partial charge in [-0.05, 0) is 43.4 Å². The maximum Gasteiger partial charge on any atom is 0.269 e. The van der Waals surface area contributed by atoms with E-state index in [9.17, 15) is 4.79 Å². The number of nitrogens with zero attached hydrogens (tertiary/aromatic N) is 1. The lowest BCUT2D eigenvalue weighted by atomic mass is 10.2. The van der Waals surface area contributed by atoms with Crippen molar-refractivity contribution >= 4 is 39.2 Å². The summed E-state index contributed by atoms with van der Waals surface area (Å²) in [6.45, 7) is 5.97. The molecular formula is C12H14BrN3OS. The van der Waals surface area contributed by atoms with Crippen LogP contribution in [0.3, 0.4) is 0 Å². The number of hydrazine groups is 1. The standard InChI is InChI=1S/C12H14BrN3OS/c1-8(2)7-16(12(14)18)15-11(17)9-3-5-10(13)6-4-9/h3-6H,1,7H2,2H3,(H2,14,18)(H,15,17). The Balaban J connectivity index is 2.75. The number of benzene rings is 1. The molecule has 0 aliphatic carbocycles. The number of thiocarbonyl (C=S) groups is 1. The third-order valence-corrected chi connectivity index (χ3v) is 2.79. The van der Waals surface area contributed by atoms with E-state index in [2.05, 4.69) is 27.9 Å². The van der Waals surface area contributed by atoms with Crippen LogP contribution in [-0.2, 0) is 0 Å². The quantitative estimate of drug-likeness (QED) is 0.507. The van der Waals surface area contributed by atoms with Crippen molar-refractivity contribution in [1.82, 2.24) is 10.4 Å². The molecule has 0 atom stereocenters. The molecule has 4 nitrogen and oxygen atoms in total. The molecular weight excluding hydrogens is 314 g/mol. The van der Waals surface area contributed by atoms with Gasteiger partial charge in [-0.25, -0.2) is 0 Å². The second kappa shape index (κ2) is 6.51. The third-order valence-electron chi connectivity index (χ3n) is 2.04. The average molecular weight is 328 g/mol. The Morgan fingerprint density at radius 1 is 1.50 bits per heavy atom. The van der Waals surface area contributed by atoms with Crippen LogP contribution in [0.5, 0.6) is 0 Å². The molecule has 0 unspecified atom stereocenters. The molecule has 1 aromatic carbocycles. The van der Waals surface area contributed by atoms with Crippen LogP contribution in [0.4, 0.5) is 0 Å². The predicted octanol–water partition coefficient (Wildman–Crippen LogP) is 2.22. The van der Waals surface area contributed by atoms with Gasteiger partial charge >= 0.3 is 0 Å². The van der Waals surface area contributed by atoms with Crippen LogP contribution in [0.25, 0.3) is 0 Å². The first kappa shape index (κ1) is 14.7. The second-order valence-electron chi connectivity index (χ2n) is 3.83. The highest BCUT2D eigenvalue weighted by molar-refractivity contribution is 9.10. The van der Waals surface area contributed by atoms with E-state index < -0.39 is 0 Å². The number of amides is 1. The minimum atomic E-state index is -0.267. The van der Waals surface area contributed by atoms with Gasteiger partial charge in [0.2, 0.25) is 0 Å². The van der Waals surface area contributed by atoms with Gasteiger partial charge in [0, 0.05) is 10.0 Å². The van der Waals surface area contributed by atoms with Gasteiger partial charge in [0.05, 0.1) is 6.54 Å². The summed E-state index contributed by atoms with van der Waals surface area (Å²) in [6, 6.07) is 6.99. The zero-order valence-electron chi connectivity index (χ0n) is 9.94. The first-order valence-corrected chi connectivity index (χ1v) is 6.38. The Bertz CT molecular complexity index is 473. The fourth-order valence-corrected chi connectivity index (χ4v) is 1.61. The molecule has 0 saturated heterocycles. The van der Waals surface area contributed by atoms with Crippen molar-refractivity contribution in [2.75, 3.05) is 6.54 Å². The average Bonchev–Trinajstić information content (AvgIpc) is 2.28. The number of nitrogens with two attached hydrogens (primary N) is 1. The number of rotatable bonds is 3. The van der Waals surface area contributed by atoms with Crippen LogP contribution in [0.15, 0.2) is 40.9 Å². The van der Waals surface area contributed by atoms with Crippen LogP contribution in [0.2, 0.25) is 0 Å². The number of carbonyl (C=O) groups excluding carboxylic acids is 1. The van der Waals surface area contributed by atoms with E-state index in [4.69, 9.17) is 18.0 Å². The van der Waals surface area contributed by atoms with Gasteiger partial charge < -0.3 is 5.73 Å². The van der Waals surface area contributed by atoms with Gasteiger partial charge in [0.25, 0.3) is 5.91 Å². The molecule has 0 heterocycles. The molecule has 1 amide bonds. The number of halogens is 1. The van der Waals surface area contributed by atoms with Crippen molar-refractivity contribution in [3.8, 4) is 0 Å². The van der Waals surface area contributed by atoms with Crippen molar-refractivity contribution in [2.45, 2.75) is 6.92 Å². The Labute approximate surface area is 120 Å². The Morgan fingerprint density at radius 3 is 2.50 bits per heavy atom. The monoisotopic (exact) mass is 327 g/mol. The summed E-state index contributed by atoms with van der Waals surface area (Å²) in [5.41, 5.74) is 9.54. The van der Waals surface area contributed by atoms with Crippen LogP contribution in [0.1, 0.15) is 17.3 Å². The van der Waals surface area contributed by atoms with E-state index in [0.29, 0.717) is 12.1 Å². The van der Waals surface area contributed by atoms with Gasteiger partial charge in [0.15, 0.2) is 5.11 Å². The first-order valence-electron chi connectivity index (χ1n) is 5.18. The fraction of sp³-hybridized carbons (Fsp3) is 0.167. The highest BCUT2D eigenvalue weighted by atomic mass is 79.9. The maximum atomic E-state index is 11.9. The van der Waals surface area contributed by atoms with Gasteiger partial charge in [-0.1, -0.05) is 28.1 Å². The SMILES string of the molecule is C=C(C)CN(NC(=O)c1ccc(Br)cc1)C(N)=S. The van der Waals surface area contributed by atoms with Gasteiger partial charge in [-0.15, -0.1) is 0 Å². The molecule has 0 saturated carbocycles. The lowest BCUT2D eigenvalue weighted by molar-refractivity contribution is 0.0877. The van der Waals surface area contributed by atoms with Crippen LogP contribution in [-0.4, -0.2) is 22.6 Å². The van der Waals surface area contributed by atoms with Crippen LogP contribution < -0.4 is 11.2 Å². The molecule has 6 heteroatoms. The number of hydrogen-bond acceptors (Lipinski definition) is 2. The summed E-state index contributed by atoms with van der Waals surface area (Å²) in [7, 11) is 0. The largest absolute Gasteiger partial charge is 0.375 e. The van der Waals surface area contributed by atoms with Crippen molar-refractivity contribution < 1.29 is 4.79 Å². The van der Waals surface area contributed by atoms with Crippen molar-refractivity contribution in [2.24, 2.45) is 5.73 Å². The molecule has 0 spiro atoms. The molecule has 0 bridgehead atoms. The van der Waals surface area contributed by atoms with Gasteiger partial charge in [-0.3, -0.25) is 15.2 Å². The zero-order chi connectivity index (χ0) is 13.7. The Morgan fingerprint density at radius 2 is 2.06 bits per heavy atom. The van der Waals surface area contributed by atoms with Crippen molar-refractivity contribution in [3.63, 3.8) is 0 Å². The third kappa shape index (κ3) is 4.46. The van der Waals surface area contributed by atoms with E-state index in [1.54, 1.807) is 24.3 Å². The molecule has 0 aliphatic rings. The molecule has 0 aliphatic heterocycles. The minimum absolute atomic E-state index is 0.100. The van der Waals surface area contributed by atoms with Crippen molar-refractivity contribution in [1.29, 1.82) is 0 Å². The van der Waals surface area contributed by atoms with E-state index >= 15 is 0 Å². The van der Waals surface area contributed by atoms with E-state index in [1.165, 1.54) is 5.01 Å². The molecule has 1 aromatic rings. The lowest BCUT2D eigenvalue weighted by Gasteiger charge is -2.23. The van der Waals surface area contributed by atoms with Crippen LogP contribution in [0, 0.1) is 0 Å². The first-order chi connectivity index (χ1) is 8.40. The Hall–Kier alpha value is -1.40. The molecule has 0 fully saturated rings. The smallest absolute Gasteiger partial charge is 0.269 e. The van der Waals surface area contributed by atoms with E-state index in [-0.39, 0.29) is 11.0 Å². The summed E-state index contributed by atoms with van der Waals surface area (Å²) in [5, 5.41) is 1.49. The predicted molar refractivity (Wildman–Crippen MR) is 79.9 cm³/mol. The topological polar surface area (TPSA) is 58.4 Å². The normalized spacial score (nSPS) is 9.67. The number of hydrogen-bond donors (Lipinski definition) is 2. The zero-order valence-corrected chi connectivity index (χ0v) is 12.3. The summed E-state index contributed by atoms with van der Waals surface area (Å²) in [5.74, 6) is -0.267.